The van der Waals surface area contributed by atoms with E-state index in [1.807, 2.05) is 54.6 Å². The zero-order valence-corrected chi connectivity index (χ0v) is 17.6. The minimum absolute atomic E-state index is 0.110. The summed E-state index contributed by atoms with van der Waals surface area (Å²) in [6.45, 7) is 0.551. The van der Waals surface area contributed by atoms with Gasteiger partial charge in [0.2, 0.25) is 11.8 Å². The number of rotatable bonds is 7. The maximum Gasteiger partial charge on any atom is 0.243 e. The van der Waals surface area contributed by atoms with Crippen molar-refractivity contribution in [2.75, 3.05) is 11.9 Å². The maximum atomic E-state index is 12.5. The lowest BCUT2D eigenvalue weighted by Crippen LogP contribution is -2.24. The number of carbonyl (C=O) groups is 2. The fourth-order valence-corrected chi connectivity index (χ4v) is 3.69. The molecule has 1 aliphatic heterocycles. The number of hydrogen-bond donors (Lipinski definition) is 2. The van der Waals surface area contributed by atoms with Crippen molar-refractivity contribution in [1.29, 1.82) is 0 Å². The number of aromatic amines is 1. The molecule has 0 bridgehead atoms. The monoisotopic (exact) mass is 428 g/mol. The van der Waals surface area contributed by atoms with Crippen molar-refractivity contribution < 1.29 is 9.59 Å². The number of benzene rings is 2. The minimum Gasteiger partial charge on any atom is -0.326 e. The van der Waals surface area contributed by atoms with Crippen LogP contribution in [0, 0.1) is 0 Å². The molecule has 2 N–H and O–H groups in total. The van der Waals surface area contributed by atoms with Crippen LogP contribution in [0.15, 0.2) is 59.7 Å². The number of hydrazone groups is 1. The van der Waals surface area contributed by atoms with E-state index in [2.05, 4.69) is 25.6 Å². The lowest BCUT2D eigenvalue weighted by atomic mass is 10.1. The number of carbonyl (C=O) groups excluding carboxylic acids is 2. The topological polar surface area (TPSA) is 103 Å². The van der Waals surface area contributed by atoms with Gasteiger partial charge in [0.1, 0.15) is 5.82 Å². The van der Waals surface area contributed by atoms with Gasteiger partial charge in [0.25, 0.3) is 0 Å². The Balaban J connectivity index is 1.11. The van der Waals surface area contributed by atoms with Crippen LogP contribution in [0.25, 0.3) is 11.4 Å². The summed E-state index contributed by atoms with van der Waals surface area (Å²) < 4.78 is 0. The van der Waals surface area contributed by atoms with E-state index in [0.717, 1.165) is 29.1 Å². The number of H-pyrrole nitrogens is 1. The van der Waals surface area contributed by atoms with Gasteiger partial charge in [0, 0.05) is 36.4 Å². The number of amides is 2. The molecule has 0 unspecified atom stereocenters. The van der Waals surface area contributed by atoms with Crippen LogP contribution in [0.5, 0.6) is 0 Å². The molecule has 8 heteroatoms. The molecule has 0 radical (unpaired) electrons. The van der Waals surface area contributed by atoms with E-state index in [0.29, 0.717) is 24.0 Å². The summed E-state index contributed by atoms with van der Waals surface area (Å²) in [6.07, 6.45) is 3.29. The summed E-state index contributed by atoms with van der Waals surface area (Å²) >= 11 is 0. The number of nitrogens with zero attached hydrogens (tertiary/aromatic N) is 4. The van der Waals surface area contributed by atoms with Crippen LogP contribution in [0.2, 0.25) is 0 Å². The van der Waals surface area contributed by atoms with Crippen LogP contribution in [0.1, 0.15) is 49.4 Å². The number of hydrogen-bond acceptors (Lipinski definition) is 5. The molecule has 0 atom stereocenters. The Bertz CT molecular complexity index is 1150. The first-order chi connectivity index (χ1) is 15.7. The Hall–Kier alpha value is -3.81. The second-order valence-corrected chi connectivity index (χ2v) is 8.12. The van der Waals surface area contributed by atoms with Gasteiger partial charge in [-0.15, -0.1) is 0 Å². The molecule has 2 amide bonds. The maximum absolute atomic E-state index is 12.5. The Labute approximate surface area is 185 Å². The third-order valence-corrected chi connectivity index (χ3v) is 5.66. The van der Waals surface area contributed by atoms with E-state index in [1.54, 1.807) is 0 Å². The highest BCUT2D eigenvalue weighted by Crippen LogP contribution is 2.38. The normalized spacial score (nSPS) is 15.5. The third kappa shape index (κ3) is 4.59. The van der Waals surface area contributed by atoms with E-state index >= 15 is 0 Å². The summed E-state index contributed by atoms with van der Waals surface area (Å²) in [5.74, 6) is 1.79. The Kier molecular flexibility index (Phi) is 5.49. The van der Waals surface area contributed by atoms with Crippen LogP contribution in [0.3, 0.4) is 0 Å². The SMILES string of the molecule is O=C(CCC(=O)N1CCC(c2ccccc2)=N1)Nc1ccc(-c2n[nH]c(C3CC3)n2)cc1. The van der Waals surface area contributed by atoms with Crippen molar-refractivity contribution in [3.63, 3.8) is 0 Å². The van der Waals surface area contributed by atoms with Gasteiger partial charge >= 0.3 is 0 Å². The number of anilines is 1. The van der Waals surface area contributed by atoms with Gasteiger partial charge in [-0.25, -0.2) is 9.99 Å². The fourth-order valence-electron chi connectivity index (χ4n) is 3.69. The molecule has 2 aliphatic rings. The van der Waals surface area contributed by atoms with E-state index in [1.165, 1.54) is 17.9 Å². The van der Waals surface area contributed by atoms with Crippen molar-refractivity contribution in [3.05, 3.63) is 66.0 Å². The molecule has 2 heterocycles. The Morgan fingerprint density at radius 2 is 1.78 bits per heavy atom. The van der Waals surface area contributed by atoms with Gasteiger partial charge in [-0.05, 0) is 42.7 Å². The van der Waals surface area contributed by atoms with E-state index in [4.69, 9.17) is 0 Å². The van der Waals surface area contributed by atoms with Crippen LogP contribution in [0.4, 0.5) is 5.69 Å². The van der Waals surface area contributed by atoms with Crippen LogP contribution >= 0.6 is 0 Å². The fraction of sp³-hybridized carbons (Fsp3) is 0.292. The first kappa shape index (κ1) is 20.1. The first-order valence-electron chi connectivity index (χ1n) is 10.9. The molecule has 1 saturated carbocycles. The van der Waals surface area contributed by atoms with Crippen molar-refractivity contribution >= 4 is 23.2 Å². The lowest BCUT2D eigenvalue weighted by Gasteiger charge is -2.11. The summed E-state index contributed by atoms with van der Waals surface area (Å²) in [7, 11) is 0. The average Bonchev–Trinajstić information content (AvgIpc) is 3.34. The van der Waals surface area contributed by atoms with Crippen LogP contribution in [-0.4, -0.2) is 44.3 Å². The van der Waals surface area contributed by atoms with Gasteiger partial charge < -0.3 is 5.32 Å². The Morgan fingerprint density at radius 1 is 1.00 bits per heavy atom. The zero-order chi connectivity index (χ0) is 21.9. The summed E-state index contributed by atoms with van der Waals surface area (Å²) in [6, 6.07) is 17.2. The van der Waals surface area contributed by atoms with E-state index < -0.39 is 0 Å². The first-order valence-corrected chi connectivity index (χ1v) is 10.9. The minimum atomic E-state index is -0.202. The molecule has 1 aromatic heterocycles. The van der Waals surface area contributed by atoms with Crippen LogP contribution < -0.4 is 5.32 Å². The molecule has 2 aromatic carbocycles. The second kappa shape index (κ2) is 8.74. The molecule has 8 nitrogen and oxygen atoms in total. The molecular formula is C24H24N6O2. The highest BCUT2D eigenvalue weighted by Gasteiger charge is 2.27. The molecule has 0 spiro atoms. The summed E-state index contributed by atoms with van der Waals surface area (Å²) in [5.41, 5.74) is 3.49. The number of nitrogens with one attached hydrogen (secondary N) is 2. The van der Waals surface area contributed by atoms with Crippen molar-refractivity contribution in [1.82, 2.24) is 20.2 Å². The third-order valence-electron chi connectivity index (χ3n) is 5.66. The predicted molar refractivity (Wildman–Crippen MR) is 121 cm³/mol. The highest BCUT2D eigenvalue weighted by molar-refractivity contribution is 6.02. The molecule has 0 saturated heterocycles. The molecule has 5 rings (SSSR count). The highest BCUT2D eigenvalue weighted by atomic mass is 16.2. The smallest absolute Gasteiger partial charge is 0.243 e. The van der Waals surface area contributed by atoms with Gasteiger partial charge in [-0.2, -0.15) is 10.2 Å². The lowest BCUT2D eigenvalue weighted by molar-refractivity contribution is -0.132. The summed E-state index contributed by atoms with van der Waals surface area (Å²) in [5, 5.41) is 16.0. The van der Waals surface area contributed by atoms with Gasteiger partial charge in [0.05, 0.1) is 12.3 Å². The molecule has 1 aliphatic carbocycles. The van der Waals surface area contributed by atoms with Crippen molar-refractivity contribution in [2.45, 2.75) is 38.0 Å². The van der Waals surface area contributed by atoms with Crippen LogP contribution in [-0.2, 0) is 9.59 Å². The molecule has 32 heavy (non-hydrogen) atoms. The van der Waals surface area contributed by atoms with E-state index in [-0.39, 0.29) is 24.7 Å². The standard InChI is InChI=1S/C24H24N6O2/c31-21(12-13-22(32)30-15-14-20(29-30)16-4-2-1-3-5-16)25-19-10-8-18(9-11-19)24-26-23(27-28-24)17-6-7-17/h1-5,8-11,17H,6-7,12-15H2,(H,25,31)(H,26,27,28). The molecule has 3 aromatic rings. The Morgan fingerprint density at radius 3 is 2.53 bits per heavy atom. The molecular weight excluding hydrogens is 404 g/mol. The van der Waals surface area contributed by atoms with Crippen molar-refractivity contribution in [3.8, 4) is 11.4 Å². The molecule has 162 valence electrons. The number of aromatic nitrogens is 3. The summed E-state index contributed by atoms with van der Waals surface area (Å²) in [4.78, 5) is 29.3. The van der Waals surface area contributed by atoms with Gasteiger partial charge in [0.15, 0.2) is 5.82 Å². The second-order valence-electron chi connectivity index (χ2n) is 8.12. The largest absolute Gasteiger partial charge is 0.326 e. The quantitative estimate of drug-likeness (QED) is 0.599. The average molecular weight is 428 g/mol. The molecule has 1 fully saturated rings. The van der Waals surface area contributed by atoms with Gasteiger partial charge in [-0.1, -0.05) is 30.3 Å². The zero-order valence-electron chi connectivity index (χ0n) is 17.6. The van der Waals surface area contributed by atoms with Crippen molar-refractivity contribution in [2.24, 2.45) is 5.10 Å². The predicted octanol–water partition coefficient (Wildman–Crippen LogP) is 3.70. The van der Waals surface area contributed by atoms with Gasteiger partial charge in [-0.3, -0.25) is 14.7 Å². The van der Waals surface area contributed by atoms with E-state index in [9.17, 15) is 9.59 Å².